The van der Waals surface area contributed by atoms with E-state index >= 15 is 0 Å². The van der Waals surface area contributed by atoms with Gasteiger partial charge in [-0.2, -0.15) is 4.98 Å². The smallest absolute Gasteiger partial charge is 0.271 e. The van der Waals surface area contributed by atoms with Gasteiger partial charge in [-0.15, -0.1) is 0 Å². The third-order valence-corrected chi connectivity index (χ3v) is 4.20. The van der Waals surface area contributed by atoms with Crippen molar-refractivity contribution >= 4 is 16.8 Å². The number of carbonyl (C=O) groups is 1. The van der Waals surface area contributed by atoms with Crippen LogP contribution in [0.5, 0.6) is 0 Å². The Bertz CT molecular complexity index is 855. The summed E-state index contributed by atoms with van der Waals surface area (Å²) in [7, 11) is 1.55. The minimum atomic E-state index is -0.387. The molecule has 2 aromatic heterocycles. The van der Waals surface area contributed by atoms with Crippen LogP contribution in [0, 0.1) is 0 Å². The normalized spacial score (nSPS) is 18.0. The van der Waals surface area contributed by atoms with Crippen molar-refractivity contribution in [3.05, 3.63) is 47.7 Å². The van der Waals surface area contributed by atoms with Crippen LogP contribution in [0.1, 0.15) is 28.2 Å². The van der Waals surface area contributed by atoms with Crippen LogP contribution >= 0.6 is 0 Å². The molecule has 1 aliphatic heterocycles. The molecule has 1 N–H and O–H groups in total. The highest BCUT2D eigenvalue weighted by Gasteiger charge is 2.33. The Balaban J connectivity index is 1.62. The van der Waals surface area contributed by atoms with Crippen LogP contribution in [0.15, 0.2) is 34.9 Å². The number of amides is 1. The van der Waals surface area contributed by atoms with Crippen molar-refractivity contribution in [2.24, 2.45) is 0 Å². The zero-order valence-corrected chi connectivity index (χ0v) is 13.8. The molecule has 1 unspecified atom stereocenters. The first-order valence-electron chi connectivity index (χ1n) is 8.04. The molecule has 1 atom stereocenters. The van der Waals surface area contributed by atoms with Crippen molar-refractivity contribution in [2.45, 2.75) is 12.6 Å². The summed E-state index contributed by atoms with van der Waals surface area (Å²) in [6, 6.07) is 9.26. The number of hydrogen-bond donors (Lipinski definition) is 1. The molecule has 0 aliphatic carbocycles. The highest BCUT2D eigenvalue weighted by molar-refractivity contribution is 5.98. The van der Waals surface area contributed by atoms with Gasteiger partial charge in [0.25, 0.3) is 11.8 Å². The first kappa shape index (κ1) is 15.8. The monoisotopic (exact) mass is 342 g/mol. The third kappa shape index (κ3) is 3.01. The Morgan fingerprint density at radius 2 is 2.32 bits per heavy atom. The van der Waals surface area contributed by atoms with Crippen LogP contribution < -0.4 is 0 Å². The molecule has 0 spiro atoms. The van der Waals surface area contributed by atoms with Crippen LogP contribution in [-0.2, 0) is 16.1 Å². The Labute approximate surface area is 143 Å². The maximum absolute atomic E-state index is 13.0. The summed E-state index contributed by atoms with van der Waals surface area (Å²) in [5, 5.41) is 4.98. The van der Waals surface area contributed by atoms with Gasteiger partial charge in [0.15, 0.2) is 5.82 Å². The Morgan fingerprint density at radius 3 is 3.16 bits per heavy atom. The molecule has 1 saturated heterocycles. The number of hydrogen-bond acceptors (Lipinski definition) is 6. The van der Waals surface area contributed by atoms with Crippen molar-refractivity contribution in [2.75, 3.05) is 26.9 Å². The van der Waals surface area contributed by atoms with Crippen molar-refractivity contribution < 1.29 is 18.8 Å². The summed E-state index contributed by atoms with van der Waals surface area (Å²) < 4.78 is 15.7. The average molecular weight is 342 g/mol. The van der Waals surface area contributed by atoms with E-state index in [0.717, 1.165) is 10.9 Å². The number of morpholine rings is 1. The Hall–Kier alpha value is -2.71. The van der Waals surface area contributed by atoms with Gasteiger partial charge in [-0.05, 0) is 12.1 Å². The van der Waals surface area contributed by atoms with E-state index in [1.165, 1.54) is 0 Å². The number of fused-ring (bicyclic) bond motifs is 1. The number of para-hydroxylation sites is 1. The zero-order valence-electron chi connectivity index (χ0n) is 13.8. The highest BCUT2D eigenvalue weighted by atomic mass is 16.5. The lowest BCUT2D eigenvalue weighted by Crippen LogP contribution is -2.44. The molecule has 130 valence electrons. The largest absolute Gasteiger partial charge is 0.377 e. The maximum Gasteiger partial charge on any atom is 0.271 e. The van der Waals surface area contributed by atoms with Crippen LogP contribution in [0.2, 0.25) is 0 Å². The second-order valence-corrected chi connectivity index (χ2v) is 5.84. The van der Waals surface area contributed by atoms with Gasteiger partial charge in [0.1, 0.15) is 18.3 Å². The van der Waals surface area contributed by atoms with Gasteiger partial charge in [0.2, 0.25) is 0 Å². The molecule has 1 fully saturated rings. The molecule has 8 heteroatoms. The van der Waals surface area contributed by atoms with Gasteiger partial charge in [-0.3, -0.25) is 4.79 Å². The van der Waals surface area contributed by atoms with Crippen molar-refractivity contribution in [1.29, 1.82) is 0 Å². The fourth-order valence-electron chi connectivity index (χ4n) is 2.99. The van der Waals surface area contributed by atoms with Crippen LogP contribution in [0.3, 0.4) is 0 Å². The number of carbonyl (C=O) groups excluding carboxylic acids is 1. The van der Waals surface area contributed by atoms with Crippen molar-refractivity contribution in [3.63, 3.8) is 0 Å². The quantitative estimate of drug-likeness (QED) is 0.778. The number of benzene rings is 1. The van der Waals surface area contributed by atoms with Gasteiger partial charge in [0.05, 0.1) is 13.2 Å². The molecular weight excluding hydrogens is 324 g/mol. The molecule has 3 aromatic rings. The van der Waals surface area contributed by atoms with E-state index in [1.54, 1.807) is 12.0 Å². The third-order valence-electron chi connectivity index (χ3n) is 4.20. The van der Waals surface area contributed by atoms with Gasteiger partial charge < -0.3 is 23.9 Å². The fraction of sp³-hybridized carbons (Fsp3) is 0.353. The number of H-pyrrole nitrogens is 1. The van der Waals surface area contributed by atoms with Gasteiger partial charge in [0, 0.05) is 24.6 Å². The van der Waals surface area contributed by atoms with E-state index in [-0.39, 0.29) is 18.6 Å². The van der Waals surface area contributed by atoms with E-state index < -0.39 is 0 Å². The minimum Gasteiger partial charge on any atom is -0.377 e. The zero-order chi connectivity index (χ0) is 17.2. The first-order chi connectivity index (χ1) is 12.3. The van der Waals surface area contributed by atoms with Gasteiger partial charge in [-0.1, -0.05) is 23.4 Å². The number of ether oxygens (including phenoxy) is 2. The van der Waals surface area contributed by atoms with Crippen LogP contribution in [0.25, 0.3) is 10.9 Å². The molecule has 4 rings (SSSR count). The number of methoxy groups -OCH3 is 1. The van der Waals surface area contributed by atoms with Crippen molar-refractivity contribution in [1.82, 2.24) is 20.0 Å². The molecule has 25 heavy (non-hydrogen) atoms. The summed E-state index contributed by atoms with van der Waals surface area (Å²) in [6.45, 7) is 1.51. The molecule has 3 heterocycles. The summed E-state index contributed by atoms with van der Waals surface area (Å²) in [6.07, 6.45) is 0. The van der Waals surface area contributed by atoms with E-state index in [4.69, 9.17) is 14.0 Å². The number of nitrogens with zero attached hydrogens (tertiary/aromatic N) is 3. The number of rotatable bonds is 4. The van der Waals surface area contributed by atoms with E-state index in [1.807, 2.05) is 30.3 Å². The maximum atomic E-state index is 13.0. The topological polar surface area (TPSA) is 93.5 Å². The summed E-state index contributed by atoms with van der Waals surface area (Å²) >= 11 is 0. The second-order valence-electron chi connectivity index (χ2n) is 5.84. The average Bonchev–Trinajstić information content (AvgIpc) is 3.28. The molecule has 8 nitrogen and oxygen atoms in total. The van der Waals surface area contributed by atoms with Crippen LogP contribution in [0.4, 0.5) is 0 Å². The van der Waals surface area contributed by atoms with E-state index in [9.17, 15) is 4.79 Å². The Kier molecular flexibility index (Phi) is 4.21. The molecular formula is C17H18N4O4. The first-order valence-corrected chi connectivity index (χ1v) is 8.04. The number of aromatic nitrogens is 3. The minimum absolute atomic E-state index is 0.109. The standard InChI is InChI=1S/C17H18N4O4/c1-23-10-15-19-16(20-25-15)14-9-24-7-6-21(14)17(22)13-8-11-4-2-3-5-12(11)18-13/h2-5,8,14,18H,6-7,9-10H2,1H3. The van der Waals surface area contributed by atoms with Crippen molar-refractivity contribution in [3.8, 4) is 0 Å². The van der Waals surface area contributed by atoms with Crippen LogP contribution in [-0.4, -0.2) is 52.8 Å². The highest BCUT2D eigenvalue weighted by Crippen LogP contribution is 2.25. The molecule has 1 aliphatic rings. The molecule has 1 amide bonds. The van der Waals surface area contributed by atoms with E-state index in [0.29, 0.717) is 37.2 Å². The lowest BCUT2D eigenvalue weighted by molar-refractivity contribution is -0.00602. The number of aromatic amines is 1. The molecule has 0 saturated carbocycles. The Morgan fingerprint density at radius 1 is 1.44 bits per heavy atom. The number of nitrogens with one attached hydrogen (secondary N) is 1. The predicted octanol–water partition coefficient (Wildman–Crippen LogP) is 1.91. The summed E-state index contributed by atoms with van der Waals surface area (Å²) in [4.78, 5) is 22.2. The molecule has 1 aromatic carbocycles. The molecule has 0 radical (unpaired) electrons. The lowest BCUT2D eigenvalue weighted by atomic mass is 10.2. The summed E-state index contributed by atoms with van der Waals surface area (Å²) in [5.74, 6) is 0.694. The molecule has 0 bridgehead atoms. The SMILES string of the molecule is COCc1nc(C2COCCN2C(=O)c2cc3ccccc3[nH]2)no1. The van der Waals surface area contributed by atoms with E-state index in [2.05, 4.69) is 15.1 Å². The fourth-order valence-corrected chi connectivity index (χ4v) is 2.99. The van der Waals surface area contributed by atoms with Gasteiger partial charge >= 0.3 is 0 Å². The summed E-state index contributed by atoms with van der Waals surface area (Å²) in [5.41, 5.74) is 1.46. The lowest BCUT2D eigenvalue weighted by Gasteiger charge is -2.33. The van der Waals surface area contributed by atoms with Gasteiger partial charge in [-0.25, -0.2) is 0 Å². The second kappa shape index (κ2) is 6.66. The predicted molar refractivity (Wildman–Crippen MR) is 87.9 cm³/mol.